The lowest BCUT2D eigenvalue weighted by Crippen LogP contribution is -1.93. The summed E-state index contributed by atoms with van der Waals surface area (Å²) in [5.41, 5.74) is 0. The van der Waals surface area contributed by atoms with Crippen molar-refractivity contribution in [1.29, 1.82) is 0 Å². The van der Waals surface area contributed by atoms with Gasteiger partial charge >= 0.3 is 5.97 Å². The van der Waals surface area contributed by atoms with Crippen LogP contribution >= 0.6 is 0 Å². The molecule has 0 aliphatic carbocycles. The molecule has 2 heteroatoms. The molecule has 0 rings (SSSR count). The van der Waals surface area contributed by atoms with E-state index in [2.05, 4.69) is 67.7 Å². The largest absolute Gasteiger partial charge is 0.481 e. The molecule has 1 N–H and O–H groups in total. The van der Waals surface area contributed by atoms with E-state index >= 15 is 0 Å². The van der Waals surface area contributed by atoms with E-state index in [1.54, 1.807) is 0 Å². The third-order valence-corrected chi connectivity index (χ3v) is 3.92. The highest BCUT2D eigenvalue weighted by atomic mass is 16.4. The smallest absolute Gasteiger partial charge is 0.303 e. The van der Waals surface area contributed by atoms with Crippen LogP contribution in [0.5, 0.6) is 0 Å². The van der Waals surface area contributed by atoms with E-state index in [-0.39, 0.29) is 0 Å². The van der Waals surface area contributed by atoms with Crippen LogP contribution in [0.2, 0.25) is 0 Å². The number of carboxylic acid groups (broad SMARTS) is 1. The fraction of sp³-hybridized carbons (Fsp3) is 0.542. The number of unbranched alkanes of at least 4 members (excludes halogenated alkanes) is 5. The highest BCUT2D eigenvalue weighted by Gasteiger charge is 1.95. The Kier molecular flexibility index (Phi) is 19.7. The molecule has 0 atom stereocenters. The molecule has 26 heavy (non-hydrogen) atoms. The van der Waals surface area contributed by atoms with Crippen LogP contribution in [-0.2, 0) is 4.79 Å². The third kappa shape index (κ3) is 22.2. The number of carboxylic acids is 1. The van der Waals surface area contributed by atoms with Gasteiger partial charge in [0.1, 0.15) is 0 Å². The lowest BCUT2D eigenvalue weighted by Gasteiger charge is -1.98. The van der Waals surface area contributed by atoms with Crippen LogP contribution in [0.15, 0.2) is 60.8 Å². The van der Waals surface area contributed by atoms with E-state index < -0.39 is 5.97 Å². The Hall–Kier alpha value is -1.83. The summed E-state index contributed by atoms with van der Waals surface area (Å²) < 4.78 is 0. The molecule has 0 bridgehead atoms. The molecule has 0 amide bonds. The zero-order chi connectivity index (χ0) is 19.1. The second-order valence-electron chi connectivity index (χ2n) is 6.41. The van der Waals surface area contributed by atoms with Gasteiger partial charge in [0.15, 0.2) is 0 Å². The van der Waals surface area contributed by atoms with Gasteiger partial charge in [0.25, 0.3) is 0 Å². The van der Waals surface area contributed by atoms with Crippen LogP contribution in [0, 0.1) is 0 Å². The minimum Gasteiger partial charge on any atom is -0.481 e. The Balaban J connectivity index is 3.38. The molecular weight excluding hydrogens is 320 g/mol. The summed E-state index contributed by atoms with van der Waals surface area (Å²) in [6.07, 6.45) is 34.3. The fourth-order valence-corrected chi connectivity index (χ4v) is 2.44. The van der Waals surface area contributed by atoms with E-state index in [1.165, 1.54) is 12.8 Å². The monoisotopic (exact) mass is 358 g/mol. The van der Waals surface area contributed by atoms with Gasteiger partial charge in [-0.15, -0.1) is 0 Å². The van der Waals surface area contributed by atoms with Gasteiger partial charge in [-0.05, 0) is 51.4 Å². The van der Waals surface area contributed by atoms with Crippen molar-refractivity contribution in [3.63, 3.8) is 0 Å². The van der Waals surface area contributed by atoms with Crippen molar-refractivity contribution in [2.75, 3.05) is 0 Å². The Labute approximate surface area is 161 Å². The van der Waals surface area contributed by atoms with Crippen molar-refractivity contribution in [3.05, 3.63) is 60.8 Å². The summed E-state index contributed by atoms with van der Waals surface area (Å²) in [7, 11) is 0. The molecule has 0 fully saturated rings. The third-order valence-electron chi connectivity index (χ3n) is 3.92. The SMILES string of the molecule is CCC=CCC=CCC=CCC=CCC=CCCCCCCCC(=O)O. The van der Waals surface area contributed by atoms with E-state index in [4.69, 9.17) is 5.11 Å². The van der Waals surface area contributed by atoms with Crippen molar-refractivity contribution in [2.45, 2.75) is 84.0 Å². The quantitative estimate of drug-likeness (QED) is 0.215. The van der Waals surface area contributed by atoms with Gasteiger partial charge in [0.2, 0.25) is 0 Å². The van der Waals surface area contributed by atoms with Crippen LogP contribution in [0.3, 0.4) is 0 Å². The maximum absolute atomic E-state index is 10.4. The summed E-state index contributed by atoms with van der Waals surface area (Å²) in [6.45, 7) is 2.15. The van der Waals surface area contributed by atoms with E-state index in [0.29, 0.717) is 6.42 Å². The van der Waals surface area contributed by atoms with Crippen LogP contribution in [0.4, 0.5) is 0 Å². The summed E-state index contributed by atoms with van der Waals surface area (Å²) in [5, 5.41) is 8.55. The molecule has 0 aromatic heterocycles. The van der Waals surface area contributed by atoms with Crippen molar-refractivity contribution >= 4 is 5.97 Å². The molecule has 0 saturated carbocycles. The molecule has 0 aliphatic heterocycles. The number of aliphatic carboxylic acids is 1. The number of carbonyl (C=O) groups is 1. The Bertz CT molecular complexity index is 453. The van der Waals surface area contributed by atoms with Gasteiger partial charge < -0.3 is 5.11 Å². The zero-order valence-electron chi connectivity index (χ0n) is 16.6. The van der Waals surface area contributed by atoms with Crippen molar-refractivity contribution in [3.8, 4) is 0 Å². The first-order chi connectivity index (χ1) is 12.8. The molecule has 0 saturated heterocycles. The molecule has 0 aromatic carbocycles. The first kappa shape index (κ1) is 24.2. The molecule has 146 valence electrons. The predicted molar refractivity (Wildman–Crippen MR) is 114 cm³/mol. The lowest BCUT2D eigenvalue weighted by molar-refractivity contribution is -0.137. The van der Waals surface area contributed by atoms with E-state index in [1.807, 2.05) is 0 Å². The fourth-order valence-electron chi connectivity index (χ4n) is 2.44. The molecular formula is C24H38O2. The highest BCUT2D eigenvalue weighted by molar-refractivity contribution is 5.66. The van der Waals surface area contributed by atoms with Crippen molar-refractivity contribution < 1.29 is 9.90 Å². The van der Waals surface area contributed by atoms with Crippen LogP contribution in [0.1, 0.15) is 84.0 Å². The van der Waals surface area contributed by atoms with Gasteiger partial charge in [-0.1, -0.05) is 86.9 Å². The van der Waals surface area contributed by atoms with Gasteiger partial charge in [0.05, 0.1) is 0 Å². The Morgan fingerprint density at radius 3 is 1.54 bits per heavy atom. The van der Waals surface area contributed by atoms with Crippen LogP contribution in [-0.4, -0.2) is 11.1 Å². The number of rotatable bonds is 17. The van der Waals surface area contributed by atoms with E-state index in [0.717, 1.165) is 57.8 Å². The topological polar surface area (TPSA) is 37.3 Å². The zero-order valence-corrected chi connectivity index (χ0v) is 16.6. The van der Waals surface area contributed by atoms with Gasteiger partial charge in [-0.2, -0.15) is 0 Å². The summed E-state index contributed by atoms with van der Waals surface area (Å²) in [5.74, 6) is -0.677. The maximum atomic E-state index is 10.4. The summed E-state index contributed by atoms with van der Waals surface area (Å²) in [6, 6.07) is 0. The number of allylic oxidation sites excluding steroid dienone is 10. The first-order valence-corrected chi connectivity index (χ1v) is 10.2. The maximum Gasteiger partial charge on any atom is 0.303 e. The Morgan fingerprint density at radius 1 is 0.615 bits per heavy atom. The molecule has 0 radical (unpaired) electrons. The highest BCUT2D eigenvalue weighted by Crippen LogP contribution is 2.07. The normalized spacial score (nSPS) is 12.7. The second kappa shape index (κ2) is 21.2. The average Bonchev–Trinajstić information content (AvgIpc) is 2.62. The van der Waals surface area contributed by atoms with Gasteiger partial charge in [-0.3, -0.25) is 4.79 Å². The van der Waals surface area contributed by atoms with Crippen LogP contribution in [0.25, 0.3) is 0 Å². The molecule has 0 unspecified atom stereocenters. The predicted octanol–water partition coefficient (Wildman–Crippen LogP) is 7.55. The standard InChI is InChI=1S/C24H38O2/c1-2-3-4-5-6-7-8-9-10-11-12-13-14-15-16-17-18-19-20-21-22-23-24(25)26/h3-4,6-7,9-10,12-13,15-16H,2,5,8,11,14,17-23H2,1H3,(H,25,26). The molecule has 0 aliphatic rings. The minimum absolute atomic E-state index is 0.314. The lowest BCUT2D eigenvalue weighted by atomic mass is 10.1. The van der Waals surface area contributed by atoms with E-state index in [9.17, 15) is 4.79 Å². The number of hydrogen-bond donors (Lipinski definition) is 1. The first-order valence-electron chi connectivity index (χ1n) is 10.2. The second-order valence-corrected chi connectivity index (χ2v) is 6.41. The summed E-state index contributed by atoms with van der Waals surface area (Å²) >= 11 is 0. The summed E-state index contributed by atoms with van der Waals surface area (Å²) in [4.78, 5) is 10.4. The Morgan fingerprint density at radius 2 is 1.04 bits per heavy atom. The molecule has 0 aromatic rings. The van der Waals surface area contributed by atoms with Crippen molar-refractivity contribution in [1.82, 2.24) is 0 Å². The molecule has 0 heterocycles. The van der Waals surface area contributed by atoms with Gasteiger partial charge in [-0.25, -0.2) is 0 Å². The van der Waals surface area contributed by atoms with Crippen molar-refractivity contribution in [2.24, 2.45) is 0 Å². The average molecular weight is 359 g/mol. The number of hydrogen-bond acceptors (Lipinski definition) is 1. The minimum atomic E-state index is -0.677. The molecule has 2 nitrogen and oxygen atoms in total. The molecule has 0 spiro atoms. The van der Waals surface area contributed by atoms with Crippen LogP contribution < -0.4 is 0 Å². The van der Waals surface area contributed by atoms with Gasteiger partial charge in [0, 0.05) is 6.42 Å².